The molecular weight excluding hydrogens is 255 g/mol. The number of rotatable bonds is 2. The lowest BCUT2D eigenvalue weighted by Gasteiger charge is -2.35. The second-order valence-electron chi connectivity index (χ2n) is 3.66. The molecular formula is C9H10ClFN2O2S. The van der Waals surface area contributed by atoms with Crippen LogP contribution in [0.4, 0.5) is 4.39 Å². The highest BCUT2D eigenvalue weighted by molar-refractivity contribution is 7.89. The Bertz CT molecular complexity index is 514. The largest absolute Gasteiger partial charge is 0.325 e. The lowest BCUT2D eigenvalue weighted by molar-refractivity contribution is 0.265. The summed E-state index contributed by atoms with van der Waals surface area (Å²) in [6, 6.07) is 3.08. The van der Waals surface area contributed by atoms with E-state index < -0.39 is 15.8 Å². The van der Waals surface area contributed by atoms with Gasteiger partial charge in [-0.05, 0) is 18.2 Å². The maximum Gasteiger partial charge on any atom is 0.244 e. The minimum Gasteiger partial charge on any atom is -0.325 e. The van der Waals surface area contributed by atoms with Crippen molar-refractivity contribution in [1.82, 2.24) is 4.31 Å². The second-order valence-corrected chi connectivity index (χ2v) is 5.97. The molecule has 1 fully saturated rings. The first-order chi connectivity index (χ1) is 7.41. The average molecular weight is 265 g/mol. The maximum absolute atomic E-state index is 12.8. The molecule has 0 aromatic heterocycles. The van der Waals surface area contributed by atoms with Crippen LogP contribution in [0, 0.1) is 5.82 Å². The van der Waals surface area contributed by atoms with Crippen molar-refractivity contribution in [3.05, 3.63) is 29.0 Å². The van der Waals surface area contributed by atoms with Crippen LogP contribution >= 0.6 is 11.6 Å². The van der Waals surface area contributed by atoms with Crippen LogP contribution in [-0.2, 0) is 10.0 Å². The van der Waals surface area contributed by atoms with Gasteiger partial charge >= 0.3 is 0 Å². The molecule has 1 aromatic rings. The summed E-state index contributed by atoms with van der Waals surface area (Å²) in [6.45, 7) is 0.548. The van der Waals surface area contributed by atoms with Crippen molar-refractivity contribution >= 4 is 21.6 Å². The molecule has 0 spiro atoms. The fourth-order valence-electron chi connectivity index (χ4n) is 1.49. The monoisotopic (exact) mass is 264 g/mol. The van der Waals surface area contributed by atoms with Crippen LogP contribution in [0.2, 0.25) is 5.02 Å². The summed E-state index contributed by atoms with van der Waals surface area (Å²) in [5.41, 5.74) is 5.51. The van der Waals surface area contributed by atoms with Crippen molar-refractivity contribution < 1.29 is 12.8 Å². The summed E-state index contributed by atoms with van der Waals surface area (Å²) in [4.78, 5) is -0.0810. The third-order valence-electron chi connectivity index (χ3n) is 2.39. The van der Waals surface area contributed by atoms with Gasteiger partial charge in [0.2, 0.25) is 10.0 Å². The molecule has 0 radical (unpaired) electrons. The molecule has 0 saturated carbocycles. The first kappa shape index (κ1) is 11.8. The summed E-state index contributed by atoms with van der Waals surface area (Å²) in [5.74, 6) is -0.565. The smallest absolute Gasteiger partial charge is 0.244 e. The number of benzene rings is 1. The quantitative estimate of drug-likeness (QED) is 0.860. The van der Waals surface area contributed by atoms with E-state index in [2.05, 4.69) is 0 Å². The van der Waals surface area contributed by atoms with Crippen molar-refractivity contribution in [3.8, 4) is 0 Å². The lowest BCUT2D eigenvalue weighted by atomic mass is 10.2. The van der Waals surface area contributed by atoms with Crippen LogP contribution in [0.15, 0.2) is 23.1 Å². The van der Waals surface area contributed by atoms with Crippen molar-refractivity contribution in [1.29, 1.82) is 0 Å². The molecule has 2 N–H and O–H groups in total. The van der Waals surface area contributed by atoms with Crippen molar-refractivity contribution in [2.75, 3.05) is 13.1 Å². The van der Waals surface area contributed by atoms with E-state index in [1.54, 1.807) is 0 Å². The van der Waals surface area contributed by atoms with Gasteiger partial charge in [0.1, 0.15) is 10.7 Å². The lowest BCUT2D eigenvalue weighted by Crippen LogP contribution is -2.57. The van der Waals surface area contributed by atoms with Crippen LogP contribution < -0.4 is 5.73 Å². The third kappa shape index (κ3) is 1.93. The Morgan fingerprint density at radius 3 is 2.56 bits per heavy atom. The number of nitrogens with two attached hydrogens (primary N) is 1. The Balaban J connectivity index is 2.36. The molecule has 0 aliphatic carbocycles. The molecule has 1 saturated heterocycles. The molecule has 1 heterocycles. The Kier molecular flexibility index (Phi) is 2.91. The number of sulfonamides is 1. The Morgan fingerprint density at radius 2 is 2.06 bits per heavy atom. The summed E-state index contributed by atoms with van der Waals surface area (Å²) in [5, 5.41) is -0.111. The van der Waals surface area contributed by atoms with Gasteiger partial charge in [0, 0.05) is 19.1 Å². The molecule has 88 valence electrons. The highest BCUT2D eigenvalue weighted by Gasteiger charge is 2.35. The average Bonchev–Trinajstić information content (AvgIpc) is 2.12. The number of halogens is 2. The minimum absolute atomic E-state index is 0.0810. The Labute approximate surface area is 97.8 Å². The summed E-state index contributed by atoms with van der Waals surface area (Å²) in [7, 11) is -3.63. The predicted molar refractivity (Wildman–Crippen MR) is 58.1 cm³/mol. The second kappa shape index (κ2) is 3.96. The van der Waals surface area contributed by atoms with E-state index in [1.165, 1.54) is 4.31 Å². The van der Waals surface area contributed by atoms with E-state index in [1.807, 2.05) is 0 Å². The zero-order valence-corrected chi connectivity index (χ0v) is 9.80. The van der Waals surface area contributed by atoms with E-state index in [-0.39, 0.29) is 29.0 Å². The number of hydrogen-bond donors (Lipinski definition) is 1. The van der Waals surface area contributed by atoms with Crippen molar-refractivity contribution in [2.45, 2.75) is 10.9 Å². The Hall–Kier alpha value is -0.690. The minimum atomic E-state index is -3.63. The molecule has 0 bridgehead atoms. The zero-order chi connectivity index (χ0) is 11.9. The molecule has 1 aliphatic heterocycles. The fraction of sp³-hybridized carbons (Fsp3) is 0.333. The van der Waals surface area contributed by atoms with Gasteiger partial charge in [-0.25, -0.2) is 12.8 Å². The van der Waals surface area contributed by atoms with Crippen LogP contribution in [-0.4, -0.2) is 31.9 Å². The SMILES string of the molecule is NC1CN(S(=O)(=O)c2ccc(F)cc2Cl)C1. The van der Waals surface area contributed by atoms with Crippen molar-refractivity contribution in [2.24, 2.45) is 5.73 Å². The van der Waals surface area contributed by atoms with Gasteiger partial charge in [0.15, 0.2) is 0 Å². The normalized spacial score (nSPS) is 18.4. The molecule has 1 aliphatic rings. The number of hydrogen-bond acceptors (Lipinski definition) is 3. The van der Waals surface area contributed by atoms with Crippen LogP contribution in [0.1, 0.15) is 0 Å². The maximum atomic E-state index is 12.8. The standard InChI is InChI=1S/C9H10ClFN2O2S/c10-8-3-6(11)1-2-9(8)16(14,15)13-4-7(12)5-13/h1-3,7H,4-5,12H2. The van der Waals surface area contributed by atoms with Gasteiger partial charge in [-0.3, -0.25) is 0 Å². The molecule has 1 aromatic carbocycles. The molecule has 0 unspecified atom stereocenters. The van der Waals surface area contributed by atoms with Crippen LogP contribution in [0.25, 0.3) is 0 Å². The van der Waals surface area contributed by atoms with Gasteiger partial charge in [-0.1, -0.05) is 11.6 Å². The van der Waals surface area contributed by atoms with Gasteiger partial charge < -0.3 is 5.73 Å². The van der Waals surface area contributed by atoms with Crippen LogP contribution in [0.5, 0.6) is 0 Å². The molecule has 4 nitrogen and oxygen atoms in total. The Morgan fingerprint density at radius 1 is 1.44 bits per heavy atom. The molecule has 0 atom stereocenters. The predicted octanol–water partition coefficient (Wildman–Crippen LogP) is 0.811. The van der Waals surface area contributed by atoms with Crippen LogP contribution in [0.3, 0.4) is 0 Å². The van der Waals surface area contributed by atoms with E-state index in [9.17, 15) is 12.8 Å². The van der Waals surface area contributed by atoms with Crippen molar-refractivity contribution in [3.63, 3.8) is 0 Å². The fourth-order valence-corrected chi connectivity index (χ4v) is 3.55. The number of nitrogens with zero attached hydrogens (tertiary/aromatic N) is 1. The van der Waals surface area contributed by atoms with Gasteiger partial charge in [-0.15, -0.1) is 0 Å². The summed E-state index contributed by atoms with van der Waals surface area (Å²) < 4.78 is 37.9. The van der Waals surface area contributed by atoms with E-state index in [0.29, 0.717) is 0 Å². The van der Waals surface area contributed by atoms with Gasteiger partial charge in [-0.2, -0.15) is 4.31 Å². The molecule has 2 rings (SSSR count). The molecule has 7 heteroatoms. The third-order valence-corrected chi connectivity index (χ3v) is 4.70. The molecule has 0 amide bonds. The first-order valence-corrected chi connectivity index (χ1v) is 6.44. The van der Waals surface area contributed by atoms with E-state index in [4.69, 9.17) is 17.3 Å². The molecule has 16 heavy (non-hydrogen) atoms. The topological polar surface area (TPSA) is 63.4 Å². The van der Waals surface area contributed by atoms with Gasteiger partial charge in [0.25, 0.3) is 0 Å². The first-order valence-electron chi connectivity index (χ1n) is 4.62. The summed E-state index contributed by atoms with van der Waals surface area (Å²) in [6.07, 6.45) is 0. The van der Waals surface area contributed by atoms with E-state index >= 15 is 0 Å². The zero-order valence-electron chi connectivity index (χ0n) is 8.23. The van der Waals surface area contributed by atoms with Gasteiger partial charge in [0.05, 0.1) is 5.02 Å². The van der Waals surface area contributed by atoms with E-state index in [0.717, 1.165) is 18.2 Å². The highest BCUT2D eigenvalue weighted by atomic mass is 35.5. The highest BCUT2D eigenvalue weighted by Crippen LogP contribution is 2.27. The summed E-state index contributed by atoms with van der Waals surface area (Å²) >= 11 is 5.70.